The van der Waals surface area contributed by atoms with Crippen LogP contribution in [0.2, 0.25) is 0 Å². The van der Waals surface area contributed by atoms with Crippen molar-refractivity contribution in [3.05, 3.63) is 88.3 Å². The maximum Gasteiger partial charge on any atom is 0.290 e. The van der Waals surface area contributed by atoms with Crippen molar-refractivity contribution in [3.63, 3.8) is 0 Å². The number of para-hydroxylation sites is 1. The van der Waals surface area contributed by atoms with E-state index in [4.69, 9.17) is 9.15 Å². The highest BCUT2D eigenvalue weighted by Gasteiger charge is 2.40. The van der Waals surface area contributed by atoms with Gasteiger partial charge in [0.15, 0.2) is 5.43 Å². The van der Waals surface area contributed by atoms with Crippen molar-refractivity contribution in [1.82, 2.24) is 4.90 Å². The highest BCUT2D eigenvalue weighted by atomic mass is 16.5. The third kappa shape index (κ3) is 2.40. The van der Waals surface area contributed by atoms with Crippen LogP contribution in [0.5, 0.6) is 5.75 Å². The monoisotopic (exact) mass is 347 g/mol. The highest BCUT2D eigenvalue weighted by Crippen LogP contribution is 2.37. The maximum absolute atomic E-state index is 13.0. The molecule has 1 aliphatic rings. The number of carbonyl (C=O) groups is 1. The van der Waals surface area contributed by atoms with Crippen LogP contribution in [0, 0.1) is 0 Å². The van der Waals surface area contributed by atoms with Crippen LogP contribution in [0.1, 0.15) is 27.7 Å². The van der Waals surface area contributed by atoms with Crippen LogP contribution in [-0.2, 0) is 0 Å². The summed E-state index contributed by atoms with van der Waals surface area (Å²) in [4.78, 5) is 27.2. The van der Waals surface area contributed by atoms with E-state index in [1.807, 2.05) is 24.3 Å². The quantitative estimate of drug-likeness (QED) is 0.678. The lowest BCUT2D eigenvalue weighted by molar-refractivity contribution is 0.0771. The molecule has 3 aromatic rings. The van der Waals surface area contributed by atoms with Gasteiger partial charge in [-0.2, -0.15) is 0 Å². The summed E-state index contributed by atoms with van der Waals surface area (Å²) in [5, 5.41) is 0.477. The molecule has 0 aliphatic carbocycles. The number of benzene rings is 2. The van der Waals surface area contributed by atoms with Crippen LogP contribution in [0.4, 0.5) is 0 Å². The summed E-state index contributed by atoms with van der Waals surface area (Å²) >= 11 is 0. The van der Waals surface area contributed by atoms with Gasteiger partial charge < -0.3 is 14.1 Å². The Morgan fingerprint density at radius 2 is 1.88 bits per heavy atom. The first-order valence-electron chi connectivity index (χ1n) is 8.28. The number of ether oxygens (including phenoxy) is 1. The van der Waals surface area contributed by atoms with E-state index < -0.39 is 6.04 Å². The van der Waals surface area contributed by atoms with Crippen molar-refractivity contribution >= 4 is 16.9 Å². The van der Waals surface area contributed by atoms with Gasteiger partial charge in [0.2, 0.25) is 5.76 Å². The lowest BCUT2D eigenvalue weighted by Crippen LogP contribution is -2.25. The standard InChI is InChI=1S/C21H17NO4/c1-3-12-25-14-10-8-13(9-11-14)18-17-19(23)15-6-4-5-7-16(15)26-20(17)21(24)22(18)2/h3-11,18H,1,12H2,2H3/t18-/m0/s1. The summed E-state index contributed by atoms with van der Waals surface area (Å²) in [5.74, 6) is 0.527. The Labute approximate surface area is 150 Å². The SMILES string of the molecule is C=CCOc1ccc([C@H]2c3c(oc4ccccc4c3=O)C(=O)N2C)cc1. The minimum Gasteiger partial charge on any atom is -0.490 e. The van der Waals surface area contributed by atoms with Gasteiger partial charge in [-0.25, -0.2) is 0 Å². The van der Waals surface area contributed by atoms with Crippen molar-refractivity contribution in [2.24, 2.45) is 0 Å². The predicted octanol–water partition coefficient (Wildman–Crippen LogP) is 3.53. The van der Waals surface area contributed by atoms with Gasteiger partial charge in [-0.3, -0.25) is 9.59 Å². The third-order valence-electron chi connectivity index (χ3n) is 4.57. The number of nitrogens with zero attached hydrogens (tertiary/aromatic N) is 1. The van der Waals surface area contributed by atoms with Crippen molar-refractivity contribution < 1.29 is 13.9 Å². The molecule has 130 valence electrons. The Morgan fingerprint density at radius 1 is 1.15 bits per heavy atom. The summed E-state index contributed by atoms with van der Waals surface area (Å²) in [5.41, 5.74) is 1.47. The molecule has 0 fully saturated rings. The van der Waals surface area contributed by atoms with E-state index in [-0.39, 0.29) is 17.1 Å². The van der Waals surface area contributed by atoms with Gasteiger partial charge in [-0.05, 0) is 29.8 Å². The molecule has 0 bridgehead atoms. The van der Waals surface area contributed by atoms with Crippen molar-refractivity contribution in [3.8, 4) is 5.75 Å². The Morgan fingerprint density at radius 3 is 2.62 bits per heavy atom. The van der Waals surface area contributed by atoms with E-state index in [0.717, 1.165) is 5.56 Å². The van der Waals surface area contributed by atoms with Crippen molar-refractivity contribution in [1.29, 1.82) is 0 Å². The molecule has 1 amide bonds. The summed E-state index contributed by atoms with van der Waals surface area (Å²) in [7, 11) is 1.68. The van der Waals surface area contributed by atoms with Crippen LogP contribution in [-0.4, -0.2) is 24.5 Å². The largest absolute Gasteiger partial charge is 0.490 e. The van der Waals surface area contributed by atoms with E-state index in [1.54, 1.807) is 37.4 Å². The van der Waals surface area contributed by atoms with E-state index in [9.17, 15) is 9.59 Å². The molecule has 0 spiro atoms. The van der Waals surface area contributed by atoms with Gasteiger partial charge in [0, 0.05) is 7.05 Å². The average molecular weight is 347 g/mol. The maximum atomic E-state index is 13.0. The van der Waals surface area contributed by atoms with E-state index in [0.29, 0.717) is 28.9 Å². The van der Waals surface area contributed by atoms with Gasteiger partial charge in [0.05, 0.1) is 17.0 Å². The minimum atomic E-state index is -0.480. The molecule has 1 atom stereocenters. The number of rotatable bonds is 4. The van der Waals surface area contributed by atoms with Gasteiger partial charge in [-0.1, -0.05) is 36.9 Å². The lowest BCUT2D eigenvalue weighted by Gasteiger charge is -2.20. The fourth-order valence-corrected chi connectivity index (χ4v) is 3.33. The number of carbonyl (C=O) groups excluding carboxylic acids is 1. The summed E-state index contributed by atoms with van der Waals surface area (Å²) < 4.78 is 11.3. The highest BCUT2D eigenvalue weighted by molar-refractivity contribution is 5.98. The van der Waals surface area contributed by atoms with Crippen LogP contribution in [0.25, 0.3) is 11.0 Å². The minimum absolute atomic E-state index is 0.119. The smallest absolute Gasteiger partial charge is 0.290 e. The Kier molecular flexibility index (Phi) is 3.84. The normalized spacial score (nSPS) is 16.0. The molecule has 0 saturated heterocycles. The molecule has 5 nitrogen and oxygen atoms in total. The topological polar surface area (TPSA) is 59.8 Å². The summed E-state index contributed by atoms with van der Waals surface area (Å²) in [6.45, 7) is 4.04. The van der Waals surface area contributed by atoms with E-state index in [1.165, 1.54) is 4.90 Å². The molecule has 0 unspecified atom stereocenters. The second kappa shape index (κ2) is 6.19. The zero-order valence-electron chi connectivity index (χ0n) is 14.3. The van der Waals surface area contributed by atoms with Crippen molar-refractivity contribution in [2.45, 2.75) is 6.04 Å². The molecule has 26 heavy (non-hydrogen) atoms. The first-order chi connectivity index (χ1) is 12.6. The average Bonchev–Trinajstić information content (AvgIpc) is 2.92. The summed E-state index contributed by atoms with van der Waals surface area (Å²) in [6, 6.07) is 13.8. The number of amides is 1. The van der Waals surface area contributed by atoms with E-state index in [2.05, 4.69) is 6.58 Å². The molecule has 0 N–H and O–H groups in total. The molecule has 1 aromatic heterocycles. The third-order valence-corrected chi connectivity index (χ3v) is 4.57. The number of hydrogen-bond donors (Lipinski definition) is 0. The van der Waals surface area contributed by atoms with Crippen LogP contribution >= 0.6 is 0 Å². The van der Waals surface area contributed by atoms with Gasteiger partial charge in [0.25, 0.3) is 5.91 Å². The number of hydrogen-bond acceptors (Lipinski definition) is 4. The van der Waals surface area contributed by atoms with Crippen LogP contribution in [0.3, 0.4) is 0 Å². The zero-order chi connectivity index (χ0) is 18.3. The van der Waals surface area contributed by atoms with Gasteiger partial charge in [0.1, 0.15) is 17.9 Å². The molecule has 2 aromatic carbocycles. The molecule has 5 heteroatoms. The summed E-state index contributed by atoms with van der Waals surface area (Å²) in [6.07, 6.45) is 1.67. The fraction of sp³-hybridized carbons (Fsp3) is 0.143. The predicted molar refractivity (Wildman–Crippen MR) is 98.6 cm³/mol. The second-order valence-electron chi connectivity index (χ2n) is 6.16. The van der Waals surface area contributed by atoms with E-state index >= 15 is 0 Å². The van der Waals surface area contributed by atoms with Crippen molar-refractivity contribution in [2.75, 3.05) is 13.7 Å². The first kappa shape index (κ1) is 16.1. The number of fused-ring (bicyclic) bond motifs is 2. The Bertz CT molecular complexity index is 1070. The molecule has 2 heterocycles. The molecule has 4 rings (SSSR count). The molecular weight excluding hydrogens is 330 g/mol. The molecule has 1 aliphatic heterocycles. The van der Waals surface area contributed by atoms with Gasteiger partial charge in [-0.15, -0.1) is 0 Å². The van der Waals surface area contributed by atoms with Gasteiger partial charge >= 0.3 is 0 Å². The molecular formula is C21H17NO4. The zero-order valence-corrected chi connectivity index (χ0v) is 14.3. The Hall–Kier alpha value is -3.34. The van der Waals surface area contributed by atoms with Crippen LogP contribution in [0.15, 0.2) is 70.4 Å². The fourth-order valence-electron chi connectivity index (χ4n) is 3.33. The second-order valence-corrected chi connectivity index (χ2v) is 6.16. The molecule has 0 radical (unpaired) electrons. The lowest BCUT2D eigenvalue weighted by atomic mass is 9.99. The Balaban J connectivity index is 1.84. The van der Waals surface area contributed by atoms with Crippen LogP contribution < -0.4 is 10.2 Å². The molecule has 0 saturated carbocycles. The first-order valence-corrected chi connectivity index (χ1v) is 8.28.